The van der Waals surface area contributed by atoms with Gasteiger partial charge in [-0.2, -0.15) is 0 Å². The minimum Gasteiger partial charge on any atom is -0.480 e. The Morgan fingerprint density at radius 2 is 2.21 bits per heavy atom. The first-order valence-electron chi connectivity index (χ1n) is 6.70. The Bertz CT molecular complexity index is 366. The molecule has 108 valence electrons. The number of aliphatic carboxylic acids is 1. The maximum atomic E-state index is 12.5. The van der Waals surface area contributed by atoms with Crippen molar-refractivity contribution in [2.24, 2.45) is 11.7 Å². The van der Waals surface area contributed by atoms with E-state index in [4.69, 9.17) is 5.73 Å². The summed E-state index contributed by atoms with van der Waals surface area (Å²) in [5.74, 6) is -0.0813. The average Bonchev–Trinajstić information content (AvgIpc) is 3.03. The molecule has 3 atom stereocenters. The first kappa shape index (κ1) is 14.5. The Labute approximate surface area is 117 Å². The molecule has 2 fully saturated rings. The Balaban J connectivity index is 2.08. The number of rotatable bonds is 3. The van der Waals surface area contributed by atoms with Crippen molar-refractivity contribution in [3.05, 3.63) is 0 Å². The lowest BCUT2D eigenvalue weighted by Crippen LogP contribution is -2.51. The van der Waals surface area contributed by atoms with Gasteiger partial charge in [0.2, 0.25) is 0 Å². The maximum absolute atomic E-state index is 12.5. The molecule has 2 aliphatic heterocycles. The van der Waals surface area contributed by atoms with E-state index in [2.05, 4.69) is 0 Å². The van der Waals surface area contributed by atoms with Crippen LogP contribution in [0, 0.1) is 5.92 Å². The monoisotopic (exact) mass is 287 g/mol. The molecule has 2 aliphatic rings. The summed E-state index contributed by atoms with van der Waals surface area (Å²) < 4.78 is 0. The van der Waals surface area contributed by atoms with E-state index in [9.17, 15) is 14.7 Å². The van der Waals surface area contributed by atoms with Crippen molar-refractivity contribution in [2.75, 3.05) is 25.4 Å². The van der Waals surface area contributed by atoms with Crippen LogP contribution in [-0.4, -0.2) is 63.7 Å². The molecule has 0 spiro atoms. The van der Waals surface area contributed by atoms with Crippen LogP contribution in [0.3, 0.4) is 0 Å². The molecule has 2 rings (SSSR count). The molecule has 7 heteroatoms. The Morgan fingerprint density at radius 1 is 1.47 bits per heavy atom. The molecular weight excluding hydrogens is 266 g/mol. The minimum absolute atomic E-state index is 0.0227. The minimum atomic E-state index is -0.911. The lowest BCUT2D eigenvalue weighted by molar-refractivity contribution is -0.141. The normalized spacial score (nSPS) is 30.9. The third kappa shape index (κ3) is 2.81. The van der Waals surface area contributed by atoms with Gasteiger partial charge in [-0.25, -0.2) is 9.59 Å². The SMILES string of the molecule is CCC1SCC(C(=O)O)N1C(=O)N1CCC(CN)C1. The smallest absolute Gasteiger partial charge is 0.327 e. The van der Waals surface area contributed by atoms with E-state index in [-0.39, 0.29) is 11.4 Å². The number of hydrogen-bond acceptors (Lipinski definition) is 4. The zero-order valence-electron chi connectivity index (χ0n) is 11.1. The van der Waals surface area contributed by atoms with Gasteiger partial charge in [0.1, 0.15) is 6.04 Å². The molecule has 2 saturated heterocycles. The number of hydrogen-bond donors (Lipinski definition) is 2. The third-order valence-electron chi connectivity index (χ3n) is 3.84. The van der Waals surface area contributed by atoms with Crippen molar-refractivity contribution in [1.82, 2.24) is 9.80 Å². The summed E-state index contributed by atoms with van der Waals surface area (Å²) in [6, 6.07) is -0.834. The van der Waals surface area contributed by atoms with E-state index in [1.165, 1.54) is 0 Å². The summed E-state index contributed by atoms with van der Waals surface area (Å²) in [7, 11) is 0. The summed E-state index contributed by atoms with van der Waals surface area (Å²) in [5.41, 5.74) is 5.63. The third-order valence-corrected chi connectivity index (χ3v) is 5.29. The molecule has 6 nitrogen and oxygen atoms in total. The quantitative estimate of drug-likeness (QED) is 0.795. The first-order valence-corrected chi connectivity index (χ1v) is 7.75. The van der Waals surface area contributed by atoms with Crippen molar-refractivity contribution < 1.29 is 14.7 Å². The number of carboxylic acids is 1. The highest BCUT2D eigenvalue weighted by atomic mass is 32.2. The fourth-order valence-corrected chi connectivity index (χ4v) is 4.03. The molecule has 0 bridgehead atoms. The van der Waals surface area contributed by atoms with Crippen LogP contribution in [0.5, 0.6) is 0 Å². The maximum Gasteiger partial charge on any atom is 0.327 e. The second-order valence-corrected chi connectivity index (χ2v) is 6.29. The van der Waals surface area contributed by atoms with Gasteiger partial charge in [0.25, 0.3) is 0 Å². The van der Waals surface area contributed by atoms with E-state index in [1.54, 1.807) is 21.6 Å². The van der Waals surface area contributed by atoms with Crippen LogP contribution in [0.25, 0.3) is 0 Å². The molecule has 0 aromatic heterocycles. The van der Waals surface area contributed by atoms with E-state index in [1.807, 2.05) is 6.92 Å². The Morgan fingerprint density at radius 3 is 2.74 bits per heavy atom. The molecule has 3 unspecified atom stereocenters. The number of carboxylic acid groups (broad SMARTS) is 1. The Kier molecular flexibility index (Phi) is 4.57. The molecule has 2 heterocycles. The molecule has 2 amide bonds. The van der Waals surface area contributed by atoms with Gasteiger partial charge >= 0.3 is 12.0 Å². The van der Waals surface area contributed by atoms with E-state index in [0.29, 0.717) is 31.3 Å². The standard InChI is InChI=1S/C12H21N3O3S/c1-2-10-15(9(7-19-10)11(16)17)12(18)14-4-3-8(5-13)6-14/h8-10H,2-7,13H2,1H3,(H,16,17). The average molecular weight is 287 g/mol. The van der Waals surface area contributed by atoms with Crippen LogP contribution >= 0.6 is 11.8 Å². The highest BCUT2D eigenvalue weighted by molar-refractivity contribution is 8.00. The predicted octanol–water partition coefficient (Wildman–Crippen LogP) is 0.625. The number of amides is 2. The highest BCUT2D eigenvalue weighted by Crippen LogP contribution is 2.33. The van der Waals surface area contributed by atoms with Gasteiger partial charge in [-0.05, 0) is 25.3 Å². The van der Waals surface area contributed by atoms with Gasteiger partial charge < -0.3 is 15.7 Å². The lowest BCUT2D eigenvalue weighted by Gasteiger charge is -2.31. The van der Waals surface area contributed by atoms with Crippen LogP contribution in [0.15, 0.2) is 0 Å². The van der Waals surface area contributed by atoms with Crippen molar-refractivity contribution >= 4 is 23.8 Å². The molecule has 0 aromatic rings. The van der Waals surface area contributed by atoms with E-state index in [0.717, 1.165) is 12.8 Å². The topological polar surface area (TPSA) is 86.9 Å². The lowest BCUT2D eigenvalue weighted by atomic mass is 10.1. The molecule has 3 N–H and O–H groups in total. The number of thioether (sulfide) groups is 1. The molecular formula is C12H21N3O3S. The van der Waals surface area contributed by atoms with Crippen LogP contribution in [0.4, 0.5) is 4.79 Å². The summed E-state index contributed by atoms with van der Waals surface area (Å²) >= 11 is 1.55. The van der Waals surface area contributed by atoms with E-state index < -0.39 is 12.0 Å². The van der Waals surface area contributed by atoms with Gasteiger partial charge in [0.15, 0.2) is 0 Å². The van der Waals surface area contributed by atoms with Crippen molar-refractivity contribution in [1.29, 1.82) is 0 Å². The number of carbonyl (C=O) groups excluding carboxylic acids is 1. The fraction of sp³-hybridized carbons (Fsp3) is 0.833. The summed E-state index contributed by atoms with van der Waals surface area (Å²) in [5, 5.41) is 9.22. The largest absolute Gasteiger partial charge is 0.480 e. The fourth-order valence-electron chi connectivity index (χ4n) is 2.69. The highest BCUT2D eigenvalue weighted by Gasteiger charge is 2.43. The number of carbonyl (C=O) groups is 2. The van der Waals surface area contributed by atoms with Gasteiger partial charge in [-0.1, -0.05) is 6.92 Å². The van der Waals surface area contributed by atoms with Crippen molar-refractivity contribution in [3.8, 4) is 0 Å². The summed E-state index contributed by atoms with van der Waals surface area (Å²) in [6.45, 7) is 3.90. The molecule has 0 radical (unpaired) electrons. The van der Waals surface area contributed by atoms with Crippen LogP contribution in [0.1, 0.15) is 19.8 Å². The second kappa shape index (κ2) is 6.00. The van der Waals surface area contributed by atoms with Gasteiger partial charge in [0, 0.05) is 18.8 Å². The first-order chi connectivity index (χ1) is 9.08. The zero-order chi connectivity index (χ0) is 14.0. The number of nitrogens with two attached hydrogens (primary N) is 1. The van der Waals surface area contributed by atoms with Crippen LogP contribution in [0.2, 0.25) is 0 Å². The number of urea groups is 1. The summed E-state index contributed by atoms with van der Waals surface area (Å²) in [4.78, 5) is 27.1. The van der Waals surface area contributed by atoms with Gasteiger partial charge in [-0.15, -0.1) is 11.8 Å². The van der Waals surface area contributed by atoms with Crippen molar-refractivity contribution in [2.45, 2.75) is 31.2 Å². The molecule has 0 aliphatic carbocycles. The molecule has 19 heavy (non-hydrogen) atoms. The Hall–Kier alpha value is -0.950. The zero-order valence-corrected chi connectivity index (χ0v) is 11.9. The summed E-state index contributed by atoms with van der Waals surface area (Å²) in [6.07, 6.45) is 1.69. The number of nitrogens with zero attached hydrogens (tertiary/aromatic N) is 2. The van der Waals surface area contributed by atoms with Crippen molar-refractivity contribution in [3.63, 3.8) is 0 Å². The second-order valence-electron chi connectivity index (χ2n) is 5.08. The van der Waals surface area contributed by atoms with Crippen LogP contribution < -0.4 is 5.73 Å². The van der Waals surface area contributed by atoms with Gasteiger partial charge in [-0.3, -0.25) is 4.90 Å². The molecule has 0 aromatic carbocycles. The van der Waals surface area contributed by atoms with Crippen LogP contribution in [-0.2, 0) is 4.79 Å². The van der Waals surface area contributed by atoms with E-state index >= 15 is 0 Å². The van der Waals surface area contributed by atoms with Gasteiger partial charge in [0.05, 0.1) is 5.37 Å². The predicted molar refractivity (Wildman–Crippen MR) is 73.9 cm³/mol. The number of likely N-dealkylation sites (tertiary alicyclic amines) is 1. The molecule has 0 saturated carbocycles.